The molecule has 4 heteroatoms. The molecule has 3 N–H and O–H groups in total. The molecule has 1 unspecified atom stereocenters. The Labute approximate surface area is 108 Å². The summed E-state index contributed by atoms with van der Waals surface area (Å²) in [6, 6.07) is 4.79. The maximum absolute atomic E-state index is 11.9. The molecule has 0 saturated carbocycles. The van der Waals surface area contributed by atoms with Crippen LogP contribution >= 0.6 is 0 Å². The largest absolute Gasteiger partial charge is 0.508 e. The number of phenolic OH excluding ortho intramolecular Hbond substituents is 1. The van der Waals surface area contributed by atoms with Gasteiger partial charge in [-0.3, -0.25) is 4.79 Å². The molecule has 1 aromatic rings. The lowest BCUT2D eigenvalue weighted by Crippen LogP contribution is -2.29. The summed E-state index contributed by atoms with van der Waals surface area (Å²) in [7, 11) is 0. The third-order valence-electron chi connectivity index (χ3n) is 3.12. The van der Waals surface area contributed by atoms with Crippen LogP contribution in [0.2, 0.25) is 0 Å². The fraction of sp³-hybridized carbons (Fsp3) is 0.500. The topological polar surface area (TPSA) is 69.6 Å². The summed E-state index contributed by atoms with van der Waals surface area (Å²) in [5.41, 5.74) is 1.23. The quantitative estimate of drug-likeness (QED) is 0.722. The van der Waals surface area contributed by atoms with Crippen LogP contribution in [0.15, 0.2) is 18.2 Å². The zero-order valence-electron chi connectivity index (χ0n) is 10.9. The van der Waals surface area contributed by atoms with Gasteiger partial charge in [0.15, 0.2) is 0 Å². The Morgan fingerprint density at radius 3 is 2.72 bits per heavy atom. The molecule has 0 aliphatic rings. The first-order chi connectivity index (χ1) is 8.58. The monoisotopic (exact) mass is 251 g/mol. The molecule has 0 fully saturated rings. The van der Waals surface area contributed by atoms with Crippen molar-refractivity contribution in [3.8, 4) is 5.75 Å². The maximum atomic E-state index is 11.9. The summed E-state index contributed by atoms with van der Waals surface area (Å²) in [4.78, 5) is 11.9. The van der Waals surface area contributed by atoms with Crippen molar-refractivity contribution in [3.05, 3.63) is 29.3 Å². The fourth-order valence-corrected chi connectivity index (χ4v) is 1.77. The van der Waals surface area contributed by atoms with Crippen molar-refractivity contribution in [2.45, 2.75) is 26.7 Å². The SMILES string of the molecule is CCC(CCO)CNC(=O)c1ccc(O)c(C)c1. The third kappa shape index (κ3) is 4.04. The van der Waals surface area contributed by atoms with Gasteiger partial charge in [0.25, 0.3) is 5.91 Å². The maximum Gasteiger partial charge on any atom is 0.251 e. The van der Waals surface area contributed by atoms with Crippen LogP contribution in [0.5, 0.6) is 5.75 Å². The minimum atomic E-state index is -0.144. The Morgan fingerprint density at radius 1 is 1.44 bits per heavy atom. The van der Waals surface area contributed by atoms with E-state index in [1.54, 1.807) is 19.1 Å². The standard InChI is InChI=1S/C14H21NO3/c1-3-11(6-7-16)9-15-14(18)12-4-5-13(17)10(2)8-12/h4-5,8,11,16-17H,3,6-7,9H2,1-2H3,(H,15,18). The molecule has 0 spiro atoms. The normalized spacial score (nSPS) is 12.2. The Morgan fingerprint density at radius 2 is 2.17 bits per heavy atom. The first-order valence-corrected chi connectivity index (χ1v) is 6.27. The molecule has 1 amide bonds. The highest BCUT2D eigenvalue weighted by Gasteiger charge is 2.10. The molecular weight excluding hydrogens is 230 g/mol. The average molecular weight is 251 g/mol. The highest BCUT2D eigenvalue weighted by Crippen LogP contribution is 2.17. The van der Waals surface area contributed by atoms with Crippen LogP contribution in [-0.2, 0) is 0 Å². The molecule has 0 saturated heterocycles. The van der Waals surface area contributed by atoms with Crippen molar-refractivity contribution in [3.63, 3.8) is 0 Å². The molecular formula is C14H21NO3. The Balaban J connectivity index is 2.57. The van der Waals surface area contributed by atoms with E-state index < -0.39 is 0 Å². The summed E-state index contributed by atoms with van der Waals surface area (Å²) >= 11 is 0. The van der Waals surface area contributed by atoms with Crippen LogP contribution in [0, 0.1) is 12.8 Å². The van der Waals surface area contributed by atoms with Crippen LogP contribution in [0.1, 0.15) is 35.7 Å². The number of phenols is 1. The second kappa shape index (κ2) is 7.01. The highest BCUT2D eigenvalue weighted by atomic mass is 16.3. The molecule has 0 radical (unpaired) electrons. The molecule has 0 bridgehead atoms. The Hall–Kier alpha value is -1.55. The lowest BCUT2D eigenvalue weighted by Gasteiger charge is -2.14. The summed E-state index contributed by atoms with van der Waals surface area (Å²) in [6.45, 7) is 4.51. The summed E-state index contributed by atoms with van der Waals surface area (Å²) < 4.78 is 0. The number of aryl methyl sites for hydroxylation is 1. The number of aromatic hydroxyl groups is 1. The second-order valence-corrected chi connectivity index (χ2v) is 4.50. The van der Waals surface area contributed by atoms with Crippen LogP contribution in [0.25, 0.3) is 0 Å². The average Bonchev–Trinajstić information content (AvgIpc) is 2.37. The van der Waals surface area contributed by atoms with Crippen molar-refractivity contribution in [2.75, 3.05) is 13.2 Å². The molecule has 18 heavy (non-hydrogen) atoms. The van der Waals surface area contributed by atoms with E-state index in [9.17, 15) is 9.90 Å². The second-order valence-electron chi connectivity index (χ2n) is 4.50. The molecule has 0 aromatic heterocycles. The molecule has 0 heterocycles. The van der Waals surface area contributed by atoms with Gasteiger partial charge in [-0.05, 0) is 43.0 Å². The molecule has 1 atom stereocenters. The first-order valence-electron chi connectivity index (χ1n) is 6.27. The lowest BCUT2D eigenvalue weighted by molar-refractivity contribution is 0.0943. The zero-order valence-corrected chi connectivity index (χ0v) is 10.9. The van der Waals surface area contributed by atoms with E-state index in [4.69, 9.17) is 5.11 Å². The minimum Gasteiger partial charge on any atom is -0.508 e. The molecule has 1 rings (SSSR count). The Bertz CT molecular complexity index is 404. The number of carbonyl (C=O) groups is 1. The number of rotatable bonds is 6. The molecule has 4 nitrogen and oxygen atoms in total. The van der Waals surface area contributed by atoms with Gasteiger partial charge in [0.1, 0.15) is 5.75 Å². The van der Waals surface area contributed by atoms with Gasteiger partial charge in [0.2, 0.25) is 0 Å². The lowest BCUT2D eigenvalue weighted by atomic mass is 10.0. The van der Waals surface area contributed by atoms with Gasteiger partial charge >= 0.3 is 0 Å². The van der Waals surface area contributed by atoms with Crippen molar-refractivity contribution >= 4 is 5.91 Å². The van der Waals surface area contributed by atoms with E-state index in [2.05, 4.69) is 5.32 Å². The number of amides is 1. The Kier molecular flexibility index (Phi) is 5.65. The molecule has 100 valence electrons. The molecule has 0 aliphatic heterocycles. The molecule has 1 aromatic carbocycles. The number of aliphatic hydroxyl groups is 1. The van der Waals surface area contributed by atoms with Gasteiger partial charge in [-0.2, -0.15) is 0 Å². The van der Waals surface area contributed by atoms with E-state index in [1.807, 2.05) is 6.92 Å². The van der Waals surface area contributed by atoms with E-state index in [0.717, 1.165) is 6.42 Å². The number of benzene rings is 1. The molecule has 0 aliphatic carbocycles. The van der Waals surface area contributed by atoms with Crippen LogP contribution in [0.4, 0.5) is 0 Å². The third-order valence-corrected chi connectivity index (χ3v) is 3.12. The summed E-state index contributed by atoms with van der Waals surface area (Å²) in [6.07, 6.45) is 1.63. The van der Waals surface area contributed by atoms with Gasteiger partial charge in [0.05, 0.1) is 0 Å². The minimum absolute atomic E-state index is 0.144. The van der Waals surface area contributed by atoms with Crippen LogP contribution in [-0.4, -0.2) is 29.3 Å². The van der Waals surface area contributed by atoms with E-state index in [-0.39, 0.29) is 18.3 Å². The number of nitrogens with one attached hydrogen (secondary N) is 1. The van der Waals surface area contributed by atoms with Gasteiger partial charge in [-0.15, -0.1) is 0 Å². The smallest absolute Gasteiger partial charge is 0.251 e. The van der Waals surface area contributed by atoms with Crippen molar-refractivity contribution in [2.24, 2.45) is 5.92 Å². The highest BCUT2D eigenvalue weighted by molar-refractivity contribution is 5.94. The van der Waals surface area contributed by atoms with Crippen molar-refractivity contribution in [1.82, 2.24) is 5.32 Å². The fourth-order valence-electron chi connectivity index (χ4n) is 1.77. The van der Waals surface area contributed by atoms with Gasteiger partial charge in [0, 0.05) is 18.7 Å². The number of hydrogen-bond acceptors (Lipinski definition) is 3. The number of hydrogen-bond donors (Lipinski definition) is 3. The summed E-state index contributed by atoms with van der Waals surface area (Å²) in [5.74, 6) is 0.352. The van der Waals surface area contributed by atoms with E-state index >= 15 is 0 Å². The number of carbonyl (C=O) groups excluding carboxylic acids is 1. The van der Waals surface area contributed by atoms with Crippen LogP contribution in [0.3, 0.4) is 0 Å². The van der Waals surface area contributed by atoms with E-state index in [1.165, 1.54) is 6.07 Å². The van der Waals surface area contributed by atoms with Crippen LogP contribution < -0.4 is 5.32 Å². The first kappa shape index (κ1) is 14.5. The van der Waals surface area contributed by atoms with E-state index in [0.29, 0.717) is 30.0 Å². The van der Waals surface area contributed by atoms with Crippen molar-refractivity contribution < 1.29 is 15.0 Å². The van der Waals surface area contributed by atoms with Gasteiger partial charge < -0.3 is 15.5 Å². The predicted molar refractivity (Wildman–Crippen MR) is 70.7 cm³/mol. The zero-order chi connectivity index (χ0) is 13.5. The predicted octanol–water partition coefficient (Wildman–Crippen LogP) is 1.84. The number of aliphatic hydroxyl groups excluding tert-OH is 1. The van der Waals surface area contributed by atoms with Crippen molar-refractivity contribution in [1.29, 1.82) is 0 Å². The summed E-state index contributed by atoms with van der Waals surface area (Å²) in [5, 5.41) is 21.1. The van der Waals surface area contributed by atoms with Gasteiger partial charge in [-0.1, -0.05) is 13.3 Å². The van der Waals surface area contributed by atoms with Gasteiger partial charge in [-0.25, -0.2) is 0 Å².